The molecule has 1 saturated heterocycles. The SMILES string of the molecule is CC1CN(C(=O)C(=O)Nc2cnc(N)c(C3CC3)c2)CCN1C(=O)C1(C)CC1C. The van der Waals surface area contributed by atoms with Gasteiger partial charge in [0.2, 0.25) is 5.91 Å². The average molecular weight is 399 g/mol. The van der Waals surface area contributed by atoms with Gasteiger partial charge in [-0.25, -0.2) is 4.98 Å². The Hall–Kier alpha value is -2.64. The molecule has 156 valence electrons. The minimum absolute atomic E-state index is 0.114. The first-order valence-electron chi connectivity index (χ1n) is 10.4. The van der Waals surface area contributed by atoms with Crippen LogP contribution in [0.25, 0.3) is 0 Å². The fourth-order valence-corrected chi connectivity index (χ4v) is 4.26. The number of anilines is 2. The number of hydrogen-bond acceptors (Lipinski definition) is 5. The second-order valence-electron chi connectivity index (χ2n) is 9.05. The molecule has 3 amide bonds. The van der Waals surface area contributed by atoms with Gasteiger partial charge >= 0.3 is 11.8 Å². The van der Waals surface area contributed by atoms with Gasteiger partial charge in [-0.15, -0.1) is 0 Å². The lowest BCUT2D eigenvalue weighted by atomic mass is 10.0. The van der Waals surface area contributed by atoms with Crippen LogP contribution < -0.4 is 11.1 Å². The van der Waals surface area contributed by atoms with Gasteiger partial charge in [0.25, 0.3) is 0 Å². The Morgan fingerprint density at radius 1 is 1.24 bits per heavy atom. The van der Waals surface area contributed by atoms with E-state index in [1.807, 2.05) is 24.8 Å². The molecule has 1 aromatic heterocycles. The Morgan fingerprint density at radius 3 is 2.52 bits per heavy atom. The van der Waals surface area contributed by atoms with Gasteiger partial charge in [-0.3, -0.25) is 14.4 Å². The van der Waals surface area contributed by atoms with E-state index in [2.05, 4.69) is 17.2 Å². The highest BCUT2D eigenvalue weighted by atomic mass is 16.2. The zero-order chi connectivity index (χ0) is 20.9. The topological polar surface area (TPSA) is 109 Å². The Bertz CT molecular complexity index is 868. The van der Waals surface area contributed by atoms with Crippen molar-refractivity contribution in [2.24, 2.45) is 11.3 Å². The number of amides is 3. The van der Waals surface area contributed by atoms with Gasteiger partial charge in [0.15, 0.2) is 0 Å². The second-order valence-corrected chi connectivity index (χ2v) is 9.05. The third-order valence-corrected chi connectivity index (χ3v) is 6.74. The van der Waals surface area contributed by atoms with Crippen LogP contribution in [0.15, 0.2) is 12.3 Å². The lowest BCUT2D eigenvalue weighted by molar-refractivity contribution is -0.149. The van der Waals surface area contributed by atoms with Crippen LogP contribution in [0.1, 0.15) is 51.5 Å². The molecule has 0 radical (unpaired) electrons. The first kappa shape index (κ1) is 19.7. The summed E-state index contributed by atoms with van der Waals surface area (Å²) in [5.41, 5.74) is 7.05. The van der Waals surface area contributed by atoms with Crippen molar-refractivity contribution in [2.75, 3.05) is 30.7 Å². The molecule has 3 N–H and O–H groups in total. The van der Waals surface area contributed by atoms with E-state index in [1.54, 1.807) is 0 Å². The molecule has 4 rings (SSSR count). The molecule has 1 aliphatic heterocycles. The number of pyridine rings is 1. The molecule has 2 saturated carbocycles. The Labute approximate surface area is 170 Å². The van der Waals surface area contributed by atoms with Gasteiger partial charge in [-0.05, 0) is 49.7 Å². The molecule has 3 unspecified atom stereocenters. The van der Waals surface area contributed by atoms with Crippen molar-refractivity contribution in [1.29, 1.82) is 0 Å². The summed E-state index contributed by atoms with van der Waals surface area (Å²) in [6.07, 6.45) is 4.53. The van der Waals surface area contributed by atoms with Crippen molar-refractivity contribution in [1.82, 2.24) is 14.8 Å². The van der Waals surface area contributed by atoms with E-state index >= 15 is 0 Å². The van der Waals surface area contributed by atoms with Crippen LogP contribution in [0.3, 0.4) is 0 Å². The number of rotatable bonds is 3. The molecule has 3 atom stereocenters. The zero-order valence-corrected chi connectivity index (χ0v) is 17.3. The first-order valence-corrected chi connectivity index (χ1v) is 10.4. The molecule has 8 nitrogen and oxygen atoms in total. The normalized spacial score (nSPS) is 28.8. The number of carbonyl (C=O) groups excluding carboxylic acids is 3. The van der Waals surface area contributed by atoms with E-state index in [0.717, 1.165) is 24.8 Å². The van der Waals surface area contributed by atoms with E-state index in [1.165, 1.54) is 11.1 Å². The summed E-state index contributed by atoms with van der Waals surface area (Å²) in [4.78, 5) is 45.5. The van der Waals surface area contributed by atoms with Crippen molar-refractivity contribution in [3.05, 3.63) is 17.8 Å². The smallest absolute Gasteiger partial charge is 0.313 e. The summed E-state index contributed by atoms with van der Waals surface area (Å²) < 4.78 is 0. The number of aromatic nitrogens is 1. The minimum Gasteiger partial charge on any atom is -0.383 e. The molecular weight excluding hydrogens is 370 g/mol. The maximum absolute atomic E-state index is 12.8. The average Bonchev–Trinajstić information content (AvgIpc) is 3.61. The van der Waals surface area contributed by atoms with Crippen molar-refractivity contribution >= 4 is 29.2 Å². The highest BCUT2D eigenvalue weighted by Crippen LogP contribution is 2.53. The third-order valence-electron chi connectivity index (χ3n) is 6.74. The predicted octanol–water partition coefficient (Wildman–Crippen LogP) is 1.59. The second kappa shape index (κ2) is 7.00. The van der Waals surface area contributed by atoms with E-state index in [9.17, 15) is 14.4 Å². The molecular formula is C21H29N5O3. The number of nitrogens with two attached hydrogens (primary N) is 1. The Balaban J connectivity index is 1.36. The molecule has 3 fully saturated rings. The van der Waals surface area contributed by atoms with Gasteiger partial charge in [0, 0.05) is 31.1 Å². The van der Waals surface area contributed by atoms with E-state index < -0.39 is 11.8 Å². The maximum Gasteiger partial charge on any atom is 0.313 e. The molecule has 0 spiro atoms. The van der Waals surface area contributed by atoms with E-state index in [0.29, 0.717) is 43.0 Å². The lowest BCUT2D eigenvalue weighted by Gasteiger charge is -2.41. The molecule has 0 aromatic carbocycles. The number of piperazine rings is 1. The largest absolute Gasteiger partial charge is 0.383 e. The lowest BCUT2D eigenvalue weighted by Crippen LogP contribution is -2.58. The Kier molecular flexibility index (Phi) is 4.75. The maximum atomic E-state index is 12.8. The fraction of sp³-hybridized carbons (Fsp3) is 0.619. The monoisotopic (exact) mass is 399 g/mol. The van der Waals surface area contributed by atoms with E-state index in [4.69, 9.17) is 5.73 Å². The fourth-order valence-electron chi connectivity index (χ4n) is 4.26. The number of nitrogens with one attached hydrogen (secondary N) is 1. The first-order chi connectivity index (χ1) is 13.7. The van der Waals surface area contributed by atoms with Gasteiger partial charge in [-0.2, -0.15) is 0 Å². The molecule has 2 aliphatic carbocycles. The summed E-state index contributed by atoms with van der Waals surface area (Å²) in [5.74, 6) is 0.173. The van der Waals surface area contributed by atoms with Crippen LogP contribution in [0.5, 0.6) is 0 Å². The molecule has 1 aromatic rings. The predicted molar refractivity (Wildman–Crippen MR) is 109 cm³/mol. The summed E-state index contributed by atoms with van der Waals surface area (Å²) in [6.45, 7) is 7.20. The van der Waals surface area contributed by atoms with Crippen molar-refractivity contribution in [3.63, 3.8) is 0 Å². The quantitative estimate of drug-likeness (QED) is 0.750. The van der Waals surface area contributed by atoms with E-state index in [-0.39, 0.29) is 17.4 Å². The van der Waals surface area contributed by atoms with Gasteiger partial charge in [0.1, 0.15) is 5.82 Å². The van der Waals surface area contributed by atoms with Crippen LogP contribution >= 0.6 is 0 Å². The summed E-state index contributed by atoms with van der Waals surface area (Å²) in [6, 6.07) is 1.69. The van der Waals surface area contributed by atoms with Crippen LogP contribution in [0, 0.1) is 11.3 Å². The molecule has 2 heterocycles. The Morgan fingerprint density at radius 2 is 1.93 bits per heavy atom. The van der Waals surface area contributed by atoms with Gasteiger partial charge in [-0.1, -0.05) is 13.8 Å². The van der Waals surface area contributed by atoms with Crippen LogP contribution in [0.2, 0.25) is 0 Å². The summed E-state index contributed by atoms with van der Waals surface area (Å²) in [5, 5.41) is 2.65. The number of hydrogen-bond donors (Lipinski definition) is 2. The van der Waals surface area contributed by atoms with Crippen molar-refractivity contribution in [2.45, 2.75) is 52.0 Å². The molecule has 3 aliphatic rings. The molecule has 0 bridgehead atoms. The molecule has 29 heavy (non-hydrogen) atoms. The number of nitrogen functional groups attached to an aromatic ring is 1. The number of carbonyl (C=O) groups is 3. The van der Waals surface area contributed by atoms with Gasteiger partial charge < -0.3 is 20.9 Å². The molecule has 8 heteroatoms. The van der Waals surface area contributed by atoms with Crippen LogP contribution in [0.4, 0.5) is 11.5 Å². The highest BCUT2D eigenvalue weighted by Gasteiger charge is 2.55. The summed E-state index contributed by atoms with van der Waals surface area (Å²) >= 11 is 0. The number of nitrogens with zero attached hydrogens (tertiary/aromatic N) is 3. The van der Waals surface area contributed by atoms with Gasteiger partial charge in [0.05, 0.1) is 11.9 Å². The highest BCUT2D eigenvalue weighted by molar-refractivity contribution is 6.39. The van der Waals surface area contributed by atoms with Crippen molar-refractivity contribution < 1.29 is 14.4 Å². The van der Waals surface area contributed by atoms with Crippen molar-refractivity contribution in [3.8, 4) is 0 Å². The standard InChI is InChI=1S/C21H29N5O3/c1-12-9-21(12,3)20(29)26-7-6-25(11-13(26)2)19(28)18(27)24-15-8-16(14-4-5-14)17(22)23-10-15/h8,10,12-14H,4-7,9,11H2,1-3H3,(H2,22,23)(H,24,27). The van der Waals surface area contributed by atoms with Crippen LogP contribution in [-0.4, -0.2) is 58.2 Å². The zero-order valence-electron chi connectivity index (χ0n) is 17.3. The summed E-state index contributed by atoms with van der Waals surface area (Å²) in [7, 11) is 0. The van der Waals surface area contributed by atoms with Crippen LogP contribution in [-0.2, 0) is 14.4 Å². The third kappa shape index (κ3) is 3.68. The minimum atomic E-state index is -0.687.